The van der Waals surface area contributed by atoms with Gasteiger partial charge in [-0.3, -0.25) is 14.5 Å². The molecule has 2 aromatic carbocycles. The fourth-order valence-corrected chi connectivity index (χ4v) is 4.66. The van der Waals surface area contributed by atoms with Gasteiger partial charge in [0.15, 0.2) is 10.6 Å². The quantitative estimate of drug-likeness (QED) is 0.447. The van der Waals surface area contributed by atoms with E-state index in [9.17, 15) is 9.59 Å². The van der Waals surface area contributed by atoms with Gasteiger partial charge in [-0.2, -0.15) is 0 Å². The average Bonchev–Trinajstić information content (AvgIpc) is 3.40. The van der Waals surface area contributed by atoms with E-state index in [0.717, 1.165) is 5.56 Å². The van der Waals surface area contributed by atoms with Crippen molar-refractivity contribution in [3.8, 4) is 5.75 Å². The zero-order valence-corrected chi connectivity index (χ0v) is 18.1. The van der Waals surface area contributed by atoms with Crippen molar-refractivity contribution in [2.45, 2.75) is 25.8 Å². The van der Waals surface area contributed by atoms with E-state index in [4.69, 9.17) is 9.15 Å². The minimum absolute atomic E-state index is 0.0545. The molecule has 7 heteroatoms. The van der Waals surface area contributed by atoms with E-state index < -0.39 is 6.04 Å². The number of anilines is 1. The lowest BCUT2D eigenvalue weighted by molar-refractivity contribution is 0.0971. The van der Waals surface area contributed by atoms with E-state index in [-0.39, 0.29) is 17.1 Å². The van der Waals surface area contributed by atoms with E-state index in [1.165, 1.54) is 16.9 Å². The Labute approximate surface area is 182 Å². The van der Waals surface area contributed by atoms with Crippen LogP contribution in [0.2, 0.25) is 0 Å². The molecule has 5 rings (SSSR count). The molecule has 0 aliphatic carbocycles. The number of carbonyl (C=O) groups excluding carboxylic acids is 1. The Morgan fingerprint density at radius 1 is 1.13 bits per heavy atom. The van der Waals surface area contributed by atoms with Crippen LogP contribution >= 0.6 is 11.3 Å². The number of ether oxygens (including phenoxy) is 1. The molecule has 0 unspecified atom stereocenters. The smallest absolute Gasteiger partial charge is 0.297 e. The molecule has 156 valence electrons. The molecule has 1 aliphatic heterocycles. The van der Waals surface area contributed by atoms with Gasteiger partial charge in [-0.15, -0.1) is 11.3 Å². The highest BCUT2D eigenvalue weighted by Gasteiger charge is 2.44. The molecule has 0 fully saturated rings. The number of methoxy groups -OCH3 is 1. The van der Waals surface area contributed by atoms with Crippen LogP contribution in [0.15, 0.2) is 63.3 Å². The highest BCUT2D eigenvalue weighted by Crippen LogP contribution is 2.42. The third-order valence-corrected chi connectivity index (χ3v) is 6.39. The number of carbonyl (C=O) groups is 1. The van der Waals surface area contributed by atoms with Crippen molar-refractivity contribution in [3.05, 3.63) is 86.7 Å². The third kappa shape index (κ3) is 3.04. The third-order valence-electron chi connectivity index (χ3n) is 5.62. The molecule has 1 aliphatic rings. The highest BCUT2D eigenvalue weighted by molar-refractivity contribution is 7.13. The largest absolute Gasteiger partial charge is 0.497 e. The molecule has 0 radical (unpaired) electrons. The number of aromatic nitrogens is 1. The first-order valence-corrected chi connectivity index (χ1v) is 10.8. The summed E-state index contributed by atoms with van der Waals surface area (Å²) in [5, 5.41) is 2.74. The van der Waals surface area contributed by atoms with Crippen molar-refractivity contribution in [1.29, 1.82) is 0 Å². The lowest BCUT2D eigenvalue weighted by Gasteiger charge is -2.23. The molecule has 6 nitrogen and oxygen atoms in total. The second-order valence-electron chi connectivity index (χ2n) is 7.75. The van der Waals surface area contributed by atoms with E-state index in [2.05, 4.69) is 18.8 Å². The summed E-state index contributed by atoms with van der Waals surface area (Å²) >= 11 is 1.35. The molecule has 0 saturated carbocycles. The van der Waals surface area contributed by atoms with Gasteiger partial charge in [0.2, 0.25) is 5.76 Å². The lowest BCUT2D eigenvalue weighted by atomic mass is 9.95. The number of hydrogen-bond donors (Lipinski definition) is 0. The van der Waals surface area contributed by atoms with E-state index in [0.29, 0.717) is 33.3 Å². The summed E-state index contributed by atoms with van der Waals surface area (Å²) in [5.74, 6) is 0.618. The number of hydrogen-bond acceptors (Lipinski definition) is 6. The van der Waals surface area contributed by atoms with Gasteiger partial charge < -0.3 is 9.15 Å². The van der Waals surface area contributed by atoms with Crippen LogP contribution in [-0.4, -0.2) is 18.0 Å². The molecule has 2 aromatic heterocycles. The summed E-state index contributed by atoms with van der Waals surface area (Å²) in [5.41, 5.74) is 2.48. The number of benzene rings is 2. The topological polar surface area (TPSA) is 72.6 Å². The van der Waals surface area contributed by atoms with Crippen LogP contribution in [0.4, 0.5) is 5.13 Å². The predicted molar refractivity (Wildman–Crippen MR) is 120 cm³/mol. The first-order chi connectivity index (χ1) is 15.0. The van der Waals surface area contributed by atoms with Crippen molar-refractivity contribution in [3.63, 3.8) is 0 Å². The summed E-state index contributed by atoms with van der Waals surface area (Å²) in [7, 11) is 1.54. The minimum atomic E-state index is -0.599. The van der Waals surface area contributed by atoms with Crippen molar-refractivity contribution >= 4 is 33.3 Å². The van der Waals surface area contributed by atoms with Crippen LogP contribution in [0.25, 0.3) is 11.0 Å². The zero-order chi connectivity index (χ0) is 21.7. The number of fused-ring (bicyclic) bond motifs is 2. The Morgan fingerprint density at radius 3 is 2.55 bits per heavy atom. The van der Waals surface area contributed by atoms with E-state index >= 15 is 0 Å². The molecule has 0 N–H and O–H groups in total. The van der Waals surface area contributed by atoms with Crippen molar-refractivity contribution < 1.29 is 13.9 Å². The minimum Gasteiger partial charge on any atom is -0.497 e. The van der Waals surface area contributed by atoms with Gasteiger partial charge in [-0.05, 0) is 29.2 Å². The van der Waals surface area contributed by atoms with Crippen LogP contribution in [-0.2, 0) is 0 Å². The molecule has 0 saturated heterocycles. The summed E-state index contributed by atoms with van der Waals surface area (Å²) < 4.78 is 11.2. The predicted octanol–water partition coefficient (Wildman–Crippen LogP) is 5.13. The highest BCUT2D eigenvalue weighted by atomic mass is 32.1. The molecule has 0 bridgehead atoms. The number of thiazole rings is 1. The summed E-state index contributed by atoms with van der Waals surface area (Å²) in [4.78, 5) is 32.9. The van der Waals surface area contributed by atoms with Gasteiger partial charge >= 0.3 is 0 Å². The van der Waals surface area contributed by atoms with Gasteiger partial charge in [-0.25, -0.2) is 4.98 Å². The summed E-state index contributed by atoms with van der Waals surface area (Å²) in [6, 6.07) is 12.4. The van der Waals surface area contributed by atoms with E-state index in [1.54, 1.807) is 41.8 Å². The van der Waals surface area contributed by atoms with Crippen molar-refractivity contribution in [2.75, 3.05) is 12.0 Å². The van der Waals surface area contributed by atoms with Crippen LogP contribution in [0.5, 0.6) is 5.75 Å². The molecule has 3 heterocycles. The molecular formula is C24H20N2O4S. The first-order valence-electron chi connectivity index (χ1n) is 9.97. The molecule has 0 spiro atoms. The zero-order valence-electron chi connectivity index (χ0n) is 17.3. The second-order valence-corrected chi connectivity index (χ2v) is 8.62. The second kappa shape index (κ2) is 7.35. The maximum atomic E-state index is 13.5. The maximum Gasteiger partial charge on any atom is 0.297 e. The Bertz CT molecular complexity index is 1340. The molecule has 1 amide bonds. The number of rotatable bonds is 4. The molecular weight excluding hydrogens is 412 g/mol. The van der Waals surface area contributed by atoms with Crippen LogP contribution in [0.1, 0.15) is 53.1 Å². The lowest BCUT2D eigenvalue weighted by Crippen LogP contribution is -2.29. The van der Waals surface area contributed by atoms with Gasteiger partial charge in [0.1, 0.15) is 11.3 Å². The van der Waals surface area contributed by atoms with Crippen LogP contribution in [0.3, 0.4) is 0 Å². The van der Waals surface area contributed by atoms with Gasteiger partial charge in [0.25, 0.3) is 5.91 Å². The maximum absolute atomic E-state index is 13.5. The summed E-state index contributed by atoms with van der Waals surface area (Å²) in [6.07, 6.45) is 1.64. The normalized spacial score (nSPS) is 15.7. The Kier molecular flexibility index (Phi) is 4.63. The first kappa shape index (κ1) is 19.5. The fourth-order valence-electron chi connectivity index (χ4n) is 3.99. The molecule has 1 atom stereocenters. The standard InChI is InChI=1S/C24H20N2O4S/c1-13(2)14-4-6-15(7-5-14)20-19-21(27)17-9-8-16(29-3)12-18(17)30-22(19)23(28)26(20)24-25-10-11-31-24/h4-13,20H,1-3H3/t20-/m0/s1. The number of amides is 1. The average molecular weight is 433 g/mol. The van der Waals surface area contributed by atoms with Crippen LogP contribution < -0.4 is 15.1 Å². The van der Waals surface area contributed by atoms with Crippen molar-refractivity contribution in [2.24, 2.45) is 0 Å². The van der Waals surface area contributed by atoms with Crippen LogP contribution in [0, 0.1) is 0 Å². The monoisotopic (exact) mass is 432 g/mol. The van der Waals surface area contributed by atoms with Gasteiger partial charge in [0.05, 0.1) is 24.1 Å². The van der Waals surface area contributed by atoms with E-state index in [1.807, 2.05) is 24.3 Å². The molecule has 4 aromatic rings. The Morgan fingerprint density at radius 2 is 1.90 bits per heavy atom. The fraction of sp³-hybridized carbons (Fsp3) is 0.208. The van der Waals surface area contributed by atoms with Gasteiger partial charge in [0, 0.05) is 17.6 Å². The Hall–Kier alpha value is -3.45. The Balaban J connectivity index is 1.76. The van der Waals surface area contributed by atoms with Gasteiger partial charge in [-0.1, -0.05) is 38.1 Å². The number of nitrogens with zero attached hydrogens (tertiary/aromatic N) is 2. The van der Waals surface area contributed by atoms with Crippen molar-refractivity contribution in [1.82, 2.24) is 4.98 Å². The summed E-state index contributed by atoms with van der Waals surface area (Å²) in [6.45, 7) is 4.25. The SMILES string of the molecule is COc1ccc2c(=O)c3c(oc2c1)C(=O)N(c1nccs1)[C@H]3c1ccc(C(C)C)cc1. The molecule has 31 heavy (non-hydrogen) atoms.